The molecule has 77 valence electrons. The van der Waals surface area contributed by atoms with E-state index in [1.165, 1.54) is 31.0 Å². The minimum atomic E-state index is 0.856. The van der Waals surface area contributed by atoms with Gasteiger partial charge in [0.25, 0.3) is 0 Å². The van der Waals surface area contributed by atoms with Crippen LogP contribution in [0.2, 0.25) is 6.32 Å². The Morgan fingerprint density at radius 2 is 2.07 bits per heavy atom. The molecule has 0 aromatic heterocycles. The number of hydrogen-bond donors (Lipinski definition) is 0. The van der Waals surface area contributed by atoms with Gasteiger partial charge >= 0.3 is 0 Å². The van der Waals surface area contributed by atoms with Gasteiger partial charge in [-0.3, -0.25) is 0 Å². The normalized spacial score (nSPS) is 33.8. The Hall–Kier alpha value is -0.715. The smallest absolute Gasteiger partial charge is 0.0844 e. The van der Waals surface area contributed by atoms with Crippen molar-refractivity contribution in [3.05, 3.63) is 29.8 Å². The number of benzene rings is 1. The lowest BCUT2D eigenvalue weighted by molar-refractivity contribution is 0.466. The largest absolute Gasteiger partial charge is 0.152 e. The average Bonchev–Trinajstić information content (AvgIpc) is 2.52. The van der Waals surface area contributed by atoms with E-state index in [4.69, 9.17) is 0 Å². The Labute approximate surface area is 93.3 Å². The van der Waals surface area contributed by atoms with E-state index < -0.39 is 0 Å². The monoisotopic (exact) mass is 197 g/mol. The molecule has 3 unspecified atom stereocenters. The van der Waals surface area contributed by atoms with Crippen molar-refractivity contribution in [1.29, 1.82) is 0 Å². The van der Waals surface area contributed by atoms with Gasteiger partial charge in [-0.1, -0.05) is 55.0 Å². The summed E-state index contributed by atoms with van der Waals surface area (Å²) in [6.45, 7) is 2.42. The van der Waals surface area contributed by atoms with Crippen LogP contribution in [-0.2, 0) is 0 Å². The van der Waals surface area contributed by atoms with Crippen molar-refractivity contribution in [2.75, 3.05) is 0 Å². The predicted octanol–water partition coefficient (Wildman–Crippen LogP) is 2.97. The van der Waals surface area contributed by atoms with Gasteiger partial charge in [-0.15, -0.1) is 0 Å². The first-order chi connectivity index (χ1) is 7.34. The van der Waals surface area contributed by atoms with Gasteiger partial charge in [-0.2, -0.15) is 0 Å². The fourth-order valence-corrected chi connectivity index (χ4v) is 3.59. The van der Waals surface area contributed by atoms with Crippen LogP contribution in [-0.4, -0.2) is 7.28 Å². The molecule has 1 aliphatic heterocycles. The van der Waals surface area contributed by atoms with E-state index in [1.807, 2.05) is 0 Å². The third-order valence-corrected chi connectivity index (χ3v) is 4.23. The summed E-state index contributed by atoms with van der Waals surface area (Å²) in [6, 6.07) is 9.03. The maximum atomic E-state index is 2.44. The summed E-state index contributed by atoms with van der Waals surface area (Å²) in [7, 11) is 2.44. The highest BCUT2D eigenvalue weighted by Gasteiger charge is 2.34. The molecule has 3 rings (SSSR count). The minimum absolute atomic E-state index is 0.856. The molecule has 0 N–H and O–H groups in total. The molecule has 2 aliphatic rings. The van der Waals surface area contributed by atoms with Gasteiger partial charge in [0.1, 0.15) is 0 Å². The average molecular weight is 197 g/mol. The Balaban J connectivity index is 2.01. The SMILES string of the molecule is CC1CC2CC[B]c3ccccc3C2C1. The molecule has 1 radical (unpaired) electrons. The molecule has 0 amide bonds. The van der Waals surface area contributed by atoms with E-state index in [0.29, 0.717) is 0 Å². The Morgan fingerprint density at radius 1 is 1.20 bits per heavy atom. The third-order valence-electron chi connectivity index (χ3n) is 4.23. The molecule has 1 heteroatoms. The zero-order valence-corrected chi connectivity index (χ0v) is 9.45. The van der Waals surface area contributed by atoms with Crippen molar-refractivity contribution in [2.24, 2.45) is 11.8 Å². The van der Waals surface area contributed by atoms with Gasteiger partial charge in [0.15, 0.2) is 7.28 Å². The summed E-state index contributed by atoms with van der Waals surface area (Å²) >= 11 is 0. The van der Waals surface area contributed by atoms with Gasteiger partial charge < -0.3 is 0 Å². The molecule has 1 fully saturated rings. The zero-order valence-electron chi connectivity index (χ0n) is 9.45. The van der Waals surface area contributed by atoms with E-state index in [0.717, 1.165) is 17.8 Å². The van der Waals surface area contributed by atoms with E-state index >= 15 is 0 Å². The Bertz CT molecular complexity index is 358. The standard InChI is InChI=1S/C14H18B/c1-10-8-11-6-7-15-14-5-3-2-4-12(14)13(11)9-10/h2-5,10-11,13H,6-9H2,1H3. The first-order valence-corrected chi connectivity index (χ1v) is 6.26. The van der Waals surface area contributed by atoms with E-state index in [2.05, 4.69) is 38.5 Å². The molecule has 0 nitrogen and oxygen atoms in total. The first-order valence-electron chi connectivity index (χ1n) is 6.26. The molecule has 1 heterocycles. The van der Waals surface area contributed by atoms with Gasteiger partial charge in [0.2, 0.25) is 0 Å². The van der Waals surface area contributed by atoms with Crippen LogP contribution in [0.15, 0.2) is 24.3 Å². The summed E-state index contributed by atoms with van der Waals surface area (Å²) in [4.78, 5) is 0. The summed E-state index contributed by atoms with van der Waals surface area (Å²) in [5.74, 6) is 2.75. The number of fused-ring (bicyclic) bond motifs is 3. The summed E-state index contributed by atoms with van der Waals surface area (Å²) < 4.78 is 0. The van der Waals surface area contributed by atoms with Crippen LogP contribution in [0.1, 0.15) is 37.7 Å². The van der Waals surface area contributed by atoms with Gasteiger partial charge in [0.05, 0.1) is 0 Å². The molecule has 1 aliphatic carbocycles. The van der Waals surface area contributed by atoms with Gasteiger partial charge in [-0.25, -0.2) is 0 Å². The Morgan fingerprint density at radius 3 is 3.00 bits per heavy atom. The van der Waals surface area contributed by atoms with Crippen LogP contribution >= 0.6 is 0 Å². The highest BCUT2D eigenvalue weighted by molar-refractivity contribution is 6.54. The molecular weight excluding hydrogens is 179 g/mol. The fourth-order valence-electron chi connectivity index (χ4n) is 3.59. The molecular formula is C14H18B. The second kappa shape index (κ2) is 3.70. The molecule has 1 aromatic rings. The van der Waals surface area contributed by atoms with Crippen molar-refractivity contribution in [1.82, 2.24) is 0 Å². The van der Waals surface area contributed by atoms with E-state index in [-0.39, 0.29) is 0 Å². The minimum Gasteiger partial charge on any atom is -0.0844 e. The van der Waals surface area contributed by atoms with Gasteiger partial charge in [0, 0.05) is 0 Å². The maximum absolute atomic E-state index is 2.44. The molecule has 1 saturated carbocycles. The lowest BCUT2D eigenvalue weighted by Crippen LogP contribution is -2.18. The molecule has 0 saturated heterocycles. The van der Waals surface area contributed by atoms with Crippen LogP contribution in [0.3, 0.4) is 0 Å². The number of rotatable bonds is 0. The van der Waals surface area contributed by atoms with Crippen LogP contribution in [0, 0.1) is 11.8 Å². The highest BCUT2D eigenvalue weighted by Crippen LogP contribution is 2.45. The topological polar surface area (TPSA) is 0 Å². The van der Waals surface area contributed by atoms with Crippen LogP contribution < -0.4 is 5.46 Å². The molecule has 0 spiro atoms. The van der Waals surface area contributed by atoms with Crippen molar-refractivity contribution in [2.45, 2.75) is 38.4 Å². The molecule has 1 aromatic carbocycles. The summed E-state index contributed by atoms with van der Waals surface area (Å²) in [6.07, 6.45) is 5.55. The van der Waals surface area contributed by atoms with Gasteiger partial charge in [-0.05, 0) is 30.6 Å². The molecule has 0 bridgehead atoms. The first kappa shape index (κ1) is 9.51. The highest BCUT2D eigenvalue weighted by atomic mass is 14.4. The van der Waals surface area contributed by atoms with Crippen LogP contribution in [0.5, 0.6) is 0 Å². The quantitative estimate of drug-likeness (QED) is 0.561. The molecule has 3 atom stereocenters. The van der Waals surface area contributed by atoms with Crippen molar-refractivity contribution >= 4 is 12.7 Å². The van der Waals surface area contributed by atoms with E-state index in [9.17, 15) is 0 Å². The third kappa shape index (κ3) is 1.62. The summed E-state index contributed by atoms with van der Waals surface area (Å²) in [5.41, 5.74) is 3.14. The van der Waals surface area contributed by atoms with Crippen molar-refractivity contribution in [3.8, 4) is 0 Å². The second-order valence-electron chi connectivity index (χ2n) is 5.35. The lowest BCUT2D eigenvalue weighted by Gasteiger charge is -2.18. The van der Waals surface area contributed by atoms with Crippen LogP contribution in [0.4, 0.5) is 0 Å². The zero-order chi connectivity index (χ0) is 10.3. The fraction of sp³-hybridized carbons (Fsp3) is 0.571. The van der Waals surface area contributed by atoms with Crippen LogP contribution in [0.25, 0.3) is 0 Å². The Kier molecular flexibility index (Phi) is 2.34. The van der Waals surface area contributed by atoms with Crippen molar-refractivity contribution in [3.63, 3.8) is 0 Å². The lowest BCUT2D eigenvalue weighted by atomic mass is 9.65. The van der Waals surface area contributed by atoms with E-state index in [1.54, 1.807) is 5.56 Å². The van der Waals surface area contributed by atoms with Crippen molar-refractivity contribution < 1.29 is 0 Å². The maximum Gasteiger partial charge on any atom is 0.152 e. The molecule has 15 heavy (non-hydrogen) atoms. The predicted molar refractivity (Wildman–Crippen MR) is 65.9 cm³/mol. The second-order valence-corrected chi connectivity index (χ2v) is 5.35. The summed E-state index contributed by atoms with van der Waals surface area (Å²) in [5, 5.41) is 0. The number of hydrogen-bond acceptors (Lipinski definition) is 0.